The van der Waals surface area contributed by atoms with Crippen molar-refractivity contribution < 1.29 is 14.2 Å². The normalized spacial score (nSPS) is 16.4. The van der Waals surface area contributed by atoms with Gasteiger partial charge in [0.25, 0.3) is 0 Å². The molecule has 7 heteroatoms. The van der Waals surface area contributed by atoms with Crippen molar-refractivity contribution in [1.82, 2.24) is 4.98 Å². The molecule has 1 aromatic carbocycles. The van der Waals surface area contributed by atoms with E-state index in [2.05, 4.69) is 15.3 Å². The van der Waals surface area contributed by atoms with E-state index in [1.807, 2.05) is 0 Å². The third-order valence-corrected chi connectivity index (χ3v) is 2.72. The first-order chi connectivity index (χ1) is 9.63. The van der Waals surface area contributed by atoms with Gasteiger partial charge in [0.2, 0.25) is 0 Å². The van der Waals surface area contributed by atoms with Crippen LogP contribution in [0.25, 0.3) is 0 Å². The number of benzene rings is 1. The SMILES string of the molecule is Nc1ccc(Oc2ccnc3c2N=CC(O)N3)cc1F. The zero-order chi connectivity index (χ0) is 14.1. The second-order valence-electron chi connectivity index (χ2n) is 4.16. The highest BCUT2D eigenvalue weighted by Crippen LogP contribution is 2.38. The molecular weight excluding hydrogens is 263 g/mol. The lowest BCUT2D eigenvalue weighted by Gasteiger charge is -2.18. The van der Waals surface area contributed by atoms with Crippen LogP contribution in [0.3, 0.4) is 0 Å². The van der Waals surface area contributed by atoms with Gasteiger partial charge >= 0.3 is 0 Å². The third-order valence-electron chi connectivity index (χ3n) is 2.72. The largest absolute Gasteiger partial charge is 0.455 e. The maximum atomic E-state index is 13.4. The molecule has 4 N–H and O–H groups in total. The molecule has 20 heavy (non-hydrogen) atoms. The van der Waals surface area contributed by atoms with Crippen LogP contribution in [0.15, 0.2) is 35.5 Å². The Balaban J connectivity index is 1.95. The fourth-order valence-corrected chi connectivity index (χ4v) is 1.77. The highest BCUT2D eigenvalue weighted by molar-refractivity contribution is 5.83. The molecule has 0 saturated carbocycles. The molecule has 1 atom stereocenters. The summed E-state index contributed by atoms with van der Waals surface area (Å²) in [5.41, 5.74) is 5.90. The topological polar surface area (TPSA) is 92.8 Å². The van der Waals surface area contributed by atoms with Crippen LogP contribution in [0.5, 0.6) is 11.5 Å². The van der Waals surface area contributed by atoms with Crippen molar-refractivity contribution in [3.63, 3.8) is 0 Å². The van der Waals surface area contributed by atoms with Crippen LogP contribution < -0.4 is 15.8 Å². The smallest absolute Gasteiger partial charge is 0.162 e. The molecule has 1 aliphatic heterocycles. The number of nitrogen functional groups attached to an aromatic ring is 1. The van der Waals surface area contributed by atoms with Crippen molar-refractivity contribution in [2.75, 3.05) is 11.1 Å². The van der Waals surface area contributed by atoms with Crippen molar-refractivity contribution in [3.05, 3.63) is 36.3 Å². The molecule has 3 rings (SSSR count). The Morgan fingerprint density at radius 1 is 1.35 bits per heavy atom. The minimum absolute atomic E-state index is 0.0527. The van der Waals surface area contributed by atoms with Gasteiger partial charge in [-0.2, -0.15) is 0 Å². The second-order valence-corrected chi connectivity index (χ2v) is 4.16. The molecular formula is C13H11FN4O2. The number of aliphatic hydroxyl groups excluding tert-OH is 1. The Labute approximate surface area is 113 Å². The minimum Gasteiger partial charge on any atom is -0.455 e. The zero-order valence-corrected chi connectivity index (χ0v) is 10.2. The van der Waals surface area contributed by atoms with E-state index in [0.717, 1.165) is 0 Å². The number of nitrogens with two attached hydrogens (primary N) is 1. The van der Waals surface area contributed by atoms with Gasteiger partial charge in [-0.05, 0) is 12.1 Å². The summed E-state index contributed by atoms with van der Waals surface area (Å²) >= 11 is 0. The lowest BCUT2D eigenvalue weighted by Crippen LogP contribution is -2.23. The highest BCUT2D eigenvalue weighted by atomic mass is 19.1. The van der Waals surface area contributed by atoms with Crippen LogP contribution in [0.2, 0.25) is 0 Å². The average molecular weight is 274 g/mol. The van der Waals surface area contributed by atoms with Crippen LogP contribution in [0, 0.1) is 5.82 Å². The number of halogens is 1. The maximum Gasteiger partial charge on any atom is 0.162 e. The molecule has 1 aromatic heterocycles. The summed E-state index contributed by atoms with van der Waals surface area (Å²) in [6.07, 6.45) is 1.93. The number of aliphatic imine (C=N–C) groups is 1. The fraction of sp³-hybridized carbons (Fsp3) is 0.0769. The molecule has 0 saturated heterocycles. The zero-order valence-electron chi connectivity index (χ0n) is 10.2. The van der Waals surface area contributed by atoms with Gasteiger partial charge in [-0.1, -0.05) is 0 Å². The van der Waals surface area contributed by atoms with Crippen LogP contribution in [0.4, 0.5) is 21.6 Å². The van der Waals surface area contributed by atoms with Gasteiger partial charge in [-0.25, -0.2) is 14.4 Å². The van der Waals surface area contributed by atoms with Crippen molar-refractivity contribution in [3.8, 4) is 11.5 Å². The van der Waals surface area contributed by atoms with Crippen molar-refractivity contribution in [2.45, 2.75) is 6.23 Å². The average Bonchev–Trinajstić information content (AvgIpc) is 2.43. The molecule has 6 nitrogen and oxygen atoms in total. The Kier molecular flexibility index (Phi) is 2.96. The number of aliphatic hydroxyl groups is 1. The van der Waals surface area contributed by atoms with E-state index in [-0.39, 0.29) is 5.69 Å². The number of hydrogen-bond donors (Lipinski definition) is 3. The van der Waals surface area contributed by atoms with E-state index in [0.29, 0.717) is 23.0 Å². The molecule has 0 spiro atoms. The number of anilines is 2. The van der Waals surface area contributed by atoms with Crippen LogP contribution in [-0.4, -0.2) is 22.5 Å². The number of hydrogen-bond acceptors (Lipinski definition) is 6. The van der Waals surface area contributed by atoms with Crippen molar-refractivity contribution in [2.24, 2.45) is 4.99 Å². The van der Waals surface area contributed by atoms with Crippen LogP contribution in [0.1, 0.15) is 0 Å². The standard InChI is InChI=1S/C13H11FN4O2/c14-8-5-7(1-2-9(8)15)20-10-3-4-16-13-12(10)17-6-11(19)18-13/h1-6,11,19H,15H2,(H,16,18). The van der Waals surface area contributed by atoms with Gasteiger partial charge in [0, 0.05) is 18.3 Å². The number of ether oxygens (including phenoxy) is 1. The predicted molar refractivity (Wildman–Crippen MR) is 72.9 cm³/mol. The molecule has 1 unspecified atom stereocenters. The molecule has 0 bridgehead atoms. The first kappa shape index (κ1) is 12.4. The first-order valence-corrected chi connectivity index (χ1v) is 5.84. The van der Waals surface area contributed by atoms with E-state index in [1.54, 1.807) is 12.1 Å². The van der Waals surface area contributed by atoms with Gasteiger partial charge in [0.05, 0.1) is 11.9 Å². The van der Waals surface area contributed by atoms with Gasteiger partial charge in [-0.3, -0.25) is 0 Å². The molecule has 0 aliphatic carbocycles. The summed E-state index contributed by atoms with van der Waals surface area (Å²) < 4.78 is 19.0. The summed E-state index contributed by atoms with van der Waals surface area (Å²) in [7, 11) is 0. The van der Waals surface area contributed by atoms with Gasteiger partial charge in [-0.15, -0.1) is 0 Å². The van der Waals surface area contributed by atoms with Gasteiger partial charge in [0.1, 0.15) is 17.3 Å². The molecule has 2 heterocycles. The quantitative estimate of drug-likeness (QED) is 0.729. The van der Waals surface area contributed by atoms with E-state index in [1.165, 1.54) is 24.5 Å². The molecule has 2 aromatic rings. The number of nitrogens with one attached hydrogen (secondary N) is 1. The first-order valence-electron chi connectivity index (χ1n) is 5.84. The summed E-state index contributed by atoms with van der Waals surface area (Å²) in [5.74, 6) is 0.539. The monoisotopic (exact) mass is 274 g/mol. The Bertz CT molecular complexity index is 690. The van der Waals surface area contributed by atoms with E-state index >= 15 is 0 Å². The summed E-state index contributed by atoms with van der Waals surface area (Å²) in [6.45, 7) is 0. The van der Waals surface area contributed by atoms with Crippen molar-refractivity contribution in [1.29, 1.82) is 0 Å². The summed E-state index contributed by atoms with van der Waals surface area (Å²) in [5, 5.41) is 12.1. The summed E-state index contributed by atoms with van der Waals surface area (Å²) in [6, 6.07) is 5.77. The number of pyridine rings is 1. The highest BCUT2D eigenvalue weighted by Gasteiger charge is 2.17. The molecule has 0 fully saturated rings. The van der Waals surface area contributed by atoms with E-state index in [4.69, 9.17) is 10.5 Å². The maximum absolute atomic E-state index is 13.4. The minimum atomic E-state index is -0.890. The Hall–Kier alpha value is -2.67. The van der Waals surface area contributed by atoms with Crippen molar-refractivity contribution >= 4 is 23.4 Å². The second kappa shape index (κ2) is 4.78. The lowest BCUT2D eigenvalue weighted by molar-refractivity contribution is 0.273. The predicted octanol–water partition coefficient (Wildman–Crippen LogP) is 2.04. The lowest BCUT2D eigenvalue weighted by atomic mass is 10.3. The Morgan fingerprint density at radius 3 is 3.00 bits per heavy atom. The number of fused-ring (bicyclic) bond motifs is 1. The van der Waals surface area contributed by atoms with Gasteiger partial charge < -0.3 is 20.9 Å². The van der Waals surface area contributed by atoms with Gasteiger partial charge in [0.15, 0.2) is 17.8 Å². The molecule has 102 valence electrons. The van der Waals surface area contributed by atoms with E-state index in [9.17, 15) is 9.50 Å². The van der Waals surface area contributed by atoms with E-state index < -0.39 is 12.0 Å². The summed E-state index contributed by atoms with van der Waals surface area (Å²) in [4.78, 5) is 8.11. The molecule has 0 amide bonds. The third kappa shape index (κ3) is 2.26. The fourth-order valence-electron chi connectivity index (χ4n) is 1.77. The van der Waals surface area contributed by atoms with Crippen LogP contribution in [-0.2, 0) is 0 Å². The number of rotatable bonds is 2. The number of aromatic nitrogens is 1. The molecule has 0 radical (unpaired) electrons. The molecule has 1 aliphatic rings. The van der Waals surface area contributed by atoms with Crippen LogP contribution >= 0.6 is 0 Å². The number of nitrogens with zero attached hydrogens (tertiary/aromatic N) is 2. The Morgan fingerprint density at radius 2 is 2.20 bits per heavy atom.